The van der Waals surface area contributed by atoms with Crippen LogP contribution in [0.1, 0.15) is 28.9 Å². The maximum absolute atomic E-state index is 9.66. The number of rotatable bonds is 7. The second-order valence-corrected chi connectivity index (χ2v) is 8.25. The molecule has 2 N–H and O–H groups in total. The van der Waals surface area contributed by atoms with Gasteiger partial charge in [0.2, 0.25) is 0 Å². The Balaban J connectivity index is 1.44. The Morgan fingerprint density at radius 2 is 1.93 bits per heavy atom. The fourth-order valence-corrected chi connectivity index (χ4v) is 4.49. The first-order valence-corrected chi connectivity index (χ1v) is 10.7. The average Bonchev–Trinajstić information content (AvgIpc) is 3.16. The lowest BCUT2D eigenvalue weighted by Gasteiger charge is -2.41. The van der Waals surface area contributed by atoms with Crippen LogP contribution in [0.3, 0.4) is 0 Å². The second kappa shape index (κ2) is 9.16. The Hall–Kier alpha value is -2.41. The van der Waals surface area contributed by atoms with Crippen molar-refractivity contribution in [3.63, 3.8) is 0 Å². The van der Waals surface area contributed by atoms with E-state index in [-0.39, 0.29) is 6.61 Å². The predicted octanol–water partition coefficient (Wildman–Crippen LogP) is 3.26. The lowest BCUT2D eigenvalue weighted by atomic mass is 10.00. The van der Waals surface area contributed by atoms with Crippen molar-refractivity contribution in [2.45, 2.75) is 39.4 Å². The van der Waals surface area contributed by atoms with Crippen molar-refractivity contribution in [3.8, 4) is 5.75 Å². The van der Waals surface area contributed by atoms with Crippen molar-refractivity contribution >= 4 is 11.0 Å². The van der Waals surface area contributed by atoms with Crippen LogP contribution in [0.25, 0.3) is 11.0 Å². The van der Waals surface area contributed by atoms with Crippen LogP contribution in [0.2, 0.25) is 0 Å². The predicted molar refractivity (Wildman–Crippen MR) is 120 cm³/mol. The Kier molecular flexibility index (Phi) is 6.37. The number of H-pyrrole nitrogens is 1. The molecule has 1 atom stereocenters. The van der Waals surface area contributed by atoms with Gasteiger partial charge >= 0.3 is 0 Å². The number of aromatic amines is 1. The molecule has 0 saturated carbocycles. The van der Waals surface area contributed by atoms with Crippen molar-refractivity contribution in [2.24, 2.45) is 0 Å². The van der Waals surface area contributed by atoms with Crippen LogP contribution < -0.4 is 4.74 Å². The number of nitrogens with one attached hydrogen (secondary N) is 1. The van der Waals surface area contributed by atoms with E-state index in [0.29, 0.717) is 6.04 Å². The molecule has 0 unspecified atom stereocenters. The molecule has 160 valence electrons. The number of piperazine rings is 1. The molecule has 1 fully saturated rings. The molecular formula is C24H32N4O2. The second-order valence-electron chi connectivity index (χ2n) is 8.25. The molecule has 3 aromatic rings. The molecule has 0 aliphatic carbocycles. The van der Waals surface area contributed by atoms with Crippen molar-refractivity contribution in [3.05, 3.63) is 58.9 Å². The Labute approximate surface area is 178 Å². The van der Waals surface area contributed by atoms with Gasteiger partial charge in [0.05, 0.1) is 24.7 Å². The Morgan fingerprint density at radius 3 is 2.70 bits per heavy atom. The summed E-state index contributed by atoms with van der Waals surface area (Å²) in [5, 5.41) is 9.66. The highest BCUT2D eigenvalue weighted by Crippen LogP contribution is 2.26. The van der Waals surface area contributed by atoms with Gasteiger partial charge in [0.25, 0.3) is 0 Å². The molecule has 0 radical (unpaired) electrons. The summed E-state index contributed by atoms with van der Waals surface area (Å²) >= 11 is 0. The number of imidazole rings is 1. The van der Waals surface area contributed by atoms with Crippen molar-refractivity contribution < 1.29 is 9.84 Å². The first-order chi connectivity index (χ1) is 14.6. The minimum atomic E-state index is 0.209. The summed E-state index contributed by atoms with van der Waals surface area (Å²) in [4.78, 5) is 13.1. The third-order valence-electron chi connectivity index (χ3n) is 6.41. The number of hydrogen-bond donors (Lipinski definition) is 2. The van der Waals surface area contributed by atoms with Crippen molar-refractivity contribution in [1.29, 1.82) is 0 Å². The van der Waals surface area contributed by atoms with E-state index in [1.165, 1.54) is 16.7 Å². The average molecular weight is 409 g/mol. The van der Waals surface area contributed by atoms with Gasteiger partial charge in [0.1, 0.15) is 11.6 Å². The monoisotopic (exact) mass is 408 g/mol. The Bertz CT molecular complexity index is 967. The molecular weight excluding hydrogens is 376 g/mol. The van der Waals surface area contributed by atoms with Crippen LogP contribution in [0.5, 0.6) is 5.75 Å². The van der Waals surface area contributed by atoms with E-state index in [9.17, 15) is 5.11 Å². The smallest absolute Gasteiger partial charge is 0.122 e. The minimum absolute atomic E-state index is 0.209. The number of benzene rings is 2. The fourth-order valence-electron chi connectivity index (χ4n) is 4.49. The van der Waals surface area contributed by atoms with Gasteiger partial charge in [0, 0.05) is 38.8 Å². The van der Waals surface area contributed by atoms with E-state index in [1.807, 2.05) is 18.2 Å². The fraction of sp³-hybridized carbons (Fsp3) is 0.458. The van der Waals surface area contributed by atoms with Gasteiger partial charge in [-0.3, -0.25) is 9.80 Å². The topological polar surface area (TPSA) is 64.6 Å². The maximum atomic E-state index is 9.66. The lowest BCUT2D eigenvalue weighted by Crippen LogP contribution is -2.52. The van der Waals surface area contributed by atoms with Crippen molar-refractivity contribution in [1.82, 2.24) is 19.8 Å². The Morgan fingerprint density at radius 1 is 1.10 bits per heavy atom. The number of nitrogens with zero attached hydrogens (tertiary/aromatic N) is 3. The maximum Gasteiger partial charge on any atom is 0.122 e. The highest BCUT2D eigenvalue weighted by molar-refractivity contribution is 5.74. The molecule has 0 spiro atoms. The van der Waals surface area contributed by atoms with Crippen LogP contribution in [0, 0.1) is 13.8 Å². The number of hydrogen-bond acceptors (Lipinski definition) is 5. The number of para-hydroxylation sites is 2. The highest BCUT2D eigenvalue weighted by atomic mass is 16.5. The van der Waals surface area contributed by atoms with Crippen LogP contribution >= 0.6 is 0 Å². The number of fused-ring (bicyclic) bond motifs is 1. The van der Waals surface area contributed by atoms with E-state index >= 15 is 0 Å². The highest BCUT2D eigenvalue weighted by Gasteiger charge is 2.27. The molecule has 0 bridgehead atoms. The van der Waals surface area contributed by atoms with E-state index in [1.54, 1.807) is 7.11 Å². The SMILES string of the molecule is COc1ccc(CN2CCN(Cc3nc4ccccc4[nH]3)C[C@H]2CCO)c(C)c1C. The molecule has 1 aliphatic heterocycles. The number of ether oxygens (including phenoxy) is 1. The standard InChI is InChI=1S/C24H32N4O2/c1-17-18(2)23(30-3)9-8-19(17)14-28-12-11-27(15-20(28)10-13-29)16-24-25-21-6-4-5-7-22(21)26-24/h4-9,20,29H,10-16H2,1-3H3,(H,25,26)/t20-/m1/s1. The molecule has 2 aromatic carbocycles. The number of aromatic nitrogens is 2. The molecule has 1 aromatic heterocycles. The summed E-state index contributed by atoms with van der Waals surface area (Å²) in [6.45, 7) is 9.12. The van der Waals surface area contributed by atoms with Crippen LogP contribution in [-0.4, -0.2) is 64.3 Å². The van der Waals surface area contributed by atoms with Crippen LogP contribution in [-0.2, 0) is 13.1 Å². The molecule has 2 heterocycles. The molecule has 0 amide bonds. The largest absolute Gasteiger partial charge is 0.496 e. The molecule has 6 heteroatoms. The van der Waals surface area contributed by atoms with E-state index in [4.69, 9.17) is 9.72 Å². The normalized spacial score (nSPS) is 18.2. The van der Waals surface area contributed by atoms with Gasteiger partial charge in [0.15, 0.2) is 0 Å². The quantitative estimate of drug-likeness (QED) is 0.628. The van der Waals surface area contributed by atoms with Gasteiger partial charge in [-0.2, -0.15) is 0 Å². The van der Waals surface area contributed by atoms with Gasteiger partial charge < -0.3 is 14.8 Å². The zero-order valence-electron chi connectivity index (χ0n) is 18.2. The molecule has 1 saturated heterocycles. The van der Waals surface area contributed by atoms with E-state index in [0.717, 1.165) is 61.8 Å². The van der Waals surface area contributed by atoms with Gasteiger partial charge in [-0.25, -0.2) is 4.98 Å². The van der Waals surface area contributed by atoms with E-state index in [2.05, 4.69) is 46.8 Å². The van der Waals surface area contributed by atoms with Crippen molar-refractivity contribution in [2.75, 3.05) is 33.4 Å². The first-order valence-electron chi connectivity index (χ1n) is 10.7. The summed E-state index contributed by atoms with van der Waals surface area (Å²) < 4.78 is 5.46. The summed E-state index contributed by atoms with van der Waals surface area (Å²) in [7, 11) is 1.72. The summed E-state index contributed by atoms with van der Waals surface area (Å²) in [5.74, 6) is 1.95. The van der Waals surface area contributed by atoms with Crippen LogP contribution in [0.4, 0.5) is 0 Å². The van der Waals surface area contributed by atoms with Gasteiger partial charge in [-0.1, -0.05) is 18.2 Å². The van der Waals surface area contributed by atoms with Gasteiger partial charge in [-0.05, 0) is 55.2 Å². The molecule has 4 rings (SSSR count). The van der Waals surface area contributed by atoms with Gasteiger partial charge in [-0.15, -0.1) is 0 Å². The van der Waals surface area contributed by atoms with E-state index < -0.39 is 0 Å². The van der Waals surface area contributed by atoms with Crippen LogP contribution in [0.15, 0.2) is 36.4 Å². The lowest BCUT2D eigenvalue weighted by molar-refractivity contribution is 0.0488. The first kappa shape index (κ1) is 20.8. The minimum Gasteiger partial charge on any atom is -0.496 e. The molecule has 6 nitrogen and oxygen atoms in total. The summed E-state index contributed by atoms with van der Waals surface area (Å²) in [5.41, 5.74) is 5.94. The zero-order chi connectivity index (χ0) is 21.1. The number of aliphatic hydroxyl groups is 1. The zero-order valence-corrected chi connectivity index (χ0v) is 18.2. The number of methoxy groups -OCH3 is 1. The third-order valence-corrected chi connectivity index (χ3v) is 6.41. The summed E-state index contributed by atoms with van der Waals surface area (Å²) in [6.07, 6.45) is 0.783. The third kappa shape index (κ3) is 4.36. The molecule has 30 heavy (non-hydrogen) atoms. The summed E-state index contributed by atoms with van der Waals surface area (Å²) in [6, 6.07) is 12.7. The molecule has 1 aliphatic rings. The number of aliphatic hydroxyl groups excluding tert-OH is 1.